The average molecular weight is 364 g/mol. The number of nitrogens with zero attached hydrogens (tertiary/aromatic N) is 2. The number of hydrogen-bond acceptors (Lipinski definition) is 3. The summed E-state index contributed by atoms with van der Waals surface area (Å²) in [5.74, 6) is 0.161. The Morgan fingerprint density at radius 2 is 1.68 bits per heavy atom. The summed E-state index contributed by atoms with van der Waals surface area (Å²) in [5, 5.41) is 2.98. The maximum atomic E-state index is 12.8. The molecule has 2 aromatic heterocycles. The second kappa shape index (κ2) is 7.11. The molecule has 25 heavy (non-hydrogen) atoms. The van der Waals surface area contributed by atoms with Crippen LogP contribution in [0.15, 0.2) is 67.0 Å². The highest BCUT2D eigenvalue weighted by Crippen LogP contribution is 2.34. The Kier molecular flexibility index (Phi) is 4.90. The van der Waals surface area contributed by atoms with Crippen LogP contribution in [-0.4, -0.2) is 9.97 Å². The molecule has 1 atom stereocenters. The molecular formula is C18H13ClF3N3. The summed E-state index contributed by atoms with van der Waals surface area (Å²) < 4.78 is 38.3. The summed E-state index contributed by atoms with van der Waals surface area (Å²) in [5.41, 5.74) is 0.697. The van der Waals surface area contributed by atoms with Gasteiger partial charge >= 0.3 is 6.18 Å². The van der Waals surface area contributed by atoms with Gasteiger partial charge in [-0.15, -0.1) is 0 Å². The van der Waals surface area contributed by atoms with Crippen molar-refractivity contribution in [1.29, 1.82) is 0 Å². The number of aromatic nitrogens is 2. The predicted molar refractivity (Wildman–Crippen MR) is 90.4 cm³/mol. The van der Waals surface area contributed by atoms with Gasteiger partial charge in [0, 0.05) is 12.4 Å². The minimum absolute atomic E-state index is 0.105. The van der Waals surface area contributed by atoms with E-state index < -0.39 is 17.8 Å². The number of nitrogens with one attached hydrogen (secondary N) is 1. The van der Waals surface area contributed by atoms with Crippen molar-refractivity contribution in [3.63, 3.8) is 0 Å². The van der Waals surface area contributed by atoms with Gasteiger partial charge in [0.15, 0.2) is 0 Å². The molecule has 0 aliphatic heterocycles. The number of halogens is 4. The van der Waals surface area contributed by atoms with E-state index in [-0.39, 0.29) is 10.8 Å². The quantitative estimate of drug-likeness (QED) is 0.679. The summed E-state index contributed by atoms with van der Waals surface area (Å²) in [6.45, 7) is 0. The van der Waals surface area contributed by atoms with E-state index in [0.717, 1.165) is 17.8 Å². The van der Waals surface area contributed by atoms with Crippen molar-refractivity contribution in [3.8, 4) is 0 Å². The Bertz CT molecular complexity index is 800. The van der Waals surface area contributed by atoms with Crippen LogP contribution in [0.3, 0.4) is 0 Å². The maximum absolute atomic E-state index is 12.8. The first-order valence-corrected chi connectivity index (χ1v) is 7.78. The summed E-state index contributed by atoms with van der Waals surface area (Å²) in [4.78, 5) is 8.17. The van der Waals surface area contributed by atoms with Crippen molar-refractivity contribution >= 4 is 17.4 Å². The van der Waals surface area contributed by atoms with Crippen LogP contribution in [0.4, 0.5) is 19.0 Å². The fourth-order valence-corrected chi connectivity index (χ4v) is 2.58. The lowest BCUT2D eigenvalue weighted by molar-refractivity contribution is -0.137. The third kappa shape index (κ3) is 4.09. The van der Waals surface area contributed by atoms with Crippen molar-refractivity contribution < 1.29 is 13.2 Å². The lowest BCUT2D eigenvalue weighted by atomic mass is 10.0. The normalized spacial score (nSPS) is 12.6. The van der Waals surface area contributed by atoms with Crippen LogP contribution < -0.4 is 5.32 Å². The Morgan fingerprint density at radius 3 is 2.28 bits per heavy atom. The standard InChI is InChI=1S/C18H13ClF3N3/c19-14-10-13(18(20,21)22)11-24-17(14)25-16(12-6-2-1-3-7-12)15-8-4-5-9-23-15/h1-11,16H,(H,24,25)/t16-/m1/s1. The molecule has 0 bridgehead atoms. The van der Waals surface area contributed by atoms with Gasteiger partial charge in [0.1, 0.15) is 5.82 Å². The van der Waals surface area contributed by atoms with E-state index in [4.69, 9.17) is 11.6 Å². The first kappa shape index (κ1) is 17.2. The summed E-state index contributed by atoms with van der Waals surface area (Å²) in [6.07, 6.45) is -2.08. The van der Waals surface area contributed by atoms with Crippen LogP contribution in [0.1, 0.15) is 22.9 Å². The molecule has 0 amide bonds. The molecule has 3 nitrogen and oxygen atoms in total. The Hall–Kier alpha value is -2.60. The van der Waals surface area contributed by atoms with E-state index in [1.165, 1.54) is 0 Å². The SMILES string of the molecule is FC(F)(F)c1cnc(N[C@H](c2ccccc2)c2ccccn2)c(Cl)c1. The van der Waals surface area contributed by atoms with Gasteiger partial charge in [-0.3, -0.25) is 4.98 Å². The molecule has 0 aliphatic rings. The summed E-state index contributed by atoms with van der Waals surface area (Å²) in [6, 6.07) is 15.3. The van der Waals surface area contributed by atoms with Crippen LogP contribution >= 0.6 is 11.6 Å². The molecule has 0 saturated carbocycles. The maximum Gasteiger partial charge on any atom is 0.417 e. The fraction of sp³-hybridized carbons (Fsp3) is 0.111. The molecule has 3 rings (SSSR count). The number of hydrogen-bond donors (Lipinski definition) is 1. The first-order valence-electron chi connectivity index (χ1n) is 7.40. The molecule has 7 heteroatoms. The average Bonchev–Trinajstić information content (AvgIpc) is 2.61. The number of rotatable bonds is 4. The second-order valence-corrected chi connectivity index (χ2v) is 5.70. The smallest absolute Gasteiger partial charge is 0.356 e. The van der Waals surface area contributed by atoms with E-state index in [2.05, 4.69) is 15.3 Å². The van der Waals surface area contributed by atoms with Crippen LogP contribution in [-0.2, 0) is 6.18 Å². The van der Waals surface area contributed by atoms with Crippen molar-refractivity contribution in [2.75, 3.05) is 5.32 Å². The van der Waals surface area contributed by atoms with Gasteiger partial charge in [-0.1, -0.05) is 48.0 Å². The topological polar surface area (TPSA) is 37.8 Å². The number of pyridine rings is 2. The summed E-state index contributed by atoms with van der Waals surface area (Å²) in [7, 11) is 0. The van der Waals surface area contributed by atoms with Gasteiger partial charge in [0.2, 0.25) is 0 Å². The molecule has 1 aromatic carbocycles. The van der Waals surface area contributed by atoms with E-state index >= 15 is 0 Å². The van der Waals surface area contributed by atoms with Gasteiger partial charge in [0.25, 0.3) is 0 Å². The van der Waals surface area contributed by atoms with E-state index in [1.807, 2.05) is 42.5 Å². The highest BCUT2D eigenvalue weighted by Gasteiger charge is 2.31. The van der Waals surface area contributed by atoms with Crippen molar-refractivity contribution in [2.24, 2.45) is 0 Å². The molecular weight excluding hydrogens is 351 g/mol. The zero-order valence-electron chi connectivity index (χ0n) is 12.8. The Labute approximate surface area is 147 Å². The molecule has 128 valence electrons. The minimum Gasteiger partial charge on any atom is -0.356 e. The molecule has 0 saturated heterocycles. The Morgan fingerprint density at radius 1 is 0.960 bits per heavy atom. The second-order valence-electron chi connectivity index (χ2n) is 5.29. The van der Waals surface area contributed by atoms with E-state index in [0.29, 0.717) is 5.69 Å². The largest absolute Gasteiger partial charge is 0.417 e. The number of alkyl halides is 3. The molecule has 1 N–H and O–H groups in total. The highest BCUT2D eigenvalue weighted by molar-refractivity contribution is 6.33. The van der Waals surface area contributed by atoms with Crippen molar-refractivity contribution in [3.05, 3.63) is 88.8 Å². The van der Waals surface area contributed by atoms with Crippen molar-refractivity contribution in [2.45, 2.75) is 12.2 Å². The van der Waals surface area contributed by atoms with E-state index in [1.54, 1.807) is 12.3 Å². The highest BCUT2D eigenvalue weighted by atomic mass is 35.5. The Balaban J connectivity index is 1.97. The third-order valence-electron chi connectivity index (χ3n) is 3.57. The van der Waals surface area contributed by atoms with Gasteiger partial charge in [-0.2, -0.15) is 13.2 Å². The molecule has 3 aromatic rings. The zero-order chi connectivity index (χ0) is 17.9. The number of anilines is 1. The van der Waals surface area contributed by atoms with Gasteiger partial charge < -0.3 is 5.32 Å². The lowest BCUT2D eigenvalue weighted by Crippen LogP contribution is -2.15. The van der Waals surface area contributed by atoms with Crippen LogP contribution in [0.2, 0.25) is 5.02 Å². The first-order chi connectivity index (χ1) is 11.9. The molecule has 2 heterocycles. The third-order valence-corrected chi connectivity index (χ3v) is 3.85. The van der Waals surface area contributed by atoms with Crippen LogP contribution in [0.5, 0.6) is 0 Å². The monoisotopic (exact) mass is 363 g/mol. The lowest BCUT2D eigenvalue weighted by Gasteiger charge is -2.20. The van der Waals surface area contributed by atoms with E-state index in [9.17, 15) is 13.2 Å². The molecule has 0 radical (unpaired) electrons. The van der Waals surface area contributed by atoms with Crippen molar-refractivity contribution in [1.82, 2.24) is 9.97 Å². The fourth-order valence-electron chi connectivity index (χ4n) is 2.36. The molecule has 0 aliphatic carbocycles. The van der Waals surface area contributed by atoms with Crippen LogP contribution in [0.25, 0.3) is 0 Å². The van der Waals surface area contributed by atoms with Gasteiger partial charge in [-0.05, 0) is 23.8 Å². The molecule has 0 fully saturated rings. The molecule has 0 unspecified atom stereocenters. The molecule has 0 spiro atoms. The van der Waals surface area contributed by atoms with Gasteiger partial charge in [-0.25, -0.2) is 4.98 Å². The van der Waals surface area contributed by atoms with Gasteiger partial charge in [0.05, 0.1) is 22.3 Å². The predicted octanol–water partition coefficient (Wildman–Crippen LogP) is 5.35. The number of benzene rings is 1. The summed E-state index contributed by atoms with van der Waals surface area (Å²) >= 11 is 6.01. The van der Waals surface area contributed by atoms with Crippen LogP contribution in [0, 0.1) is 0 Å². The minimum atomic E-state index is -4.49. The zero-order valence-corrected chi connectivity index (χ0v) is 13.6.